The summed E-state index contributed by atoms with van der Waals surface area (Å²) in [5.74, 6) is 2.82. The summed E-state index contributed by atoms with van der Waals surface area (Å²) in [4.78, 5) is 0. The Morgan fingerprint density at radius 2 is 1.10 bits per heavy atom. The van der Waals surface area contributed by atoms with Crippen LogP contribution in [0.5, 0.6) is 0 Å². The third-order valence-corrected chi connectivity index (χ3v) is 6.26. The zero-order chi connectivity index (χ0) is 20.7. The van der Waals surface area contributed by atoms with E-state index in [0.717, 1.165) is 43.8 Å². The van der Waals surface area contributed by atoms with Gasteiger partial charge in [-0.2, -0.15) is 0 Å². The number of hydrogen-bond donors (Lipinski definition) is 0. The van der Waals surface area contributed by atoms with Gasteiger partial charge >= 0.3 is 0 Å². The van der Waals surface area contributed by atoms with Crippen LogP contribution in [0.3, 0.4) is 0 Å². The fourth-order valence-corrected chi connectivity index (χ4v) is 4.65. The highest BCUT2D eigenvalue weighted by Gasteiger charge is 2.21. The van der Waals surface area contributed by atoms with Crippen molar-refractivity contribution in [3.8, 4) is 34.6 Å². The maximum Gasteiger partial charge on any atom is 0.0755 e. The molecule has 0 saturated heterocycles. The Hall–Kier alpha value is -3.24. The van der Waals surface area contributed by atoms with Crippen LogP contribution in [0.2, 0.25) is 10.0 Å². The number of hydrogen-bond acceptors (Lipinski definition) is 0. The van der Waals surface area contributed by atoms with E-state index in [4.69, 9.17) is 29.6 Å². The van der Waals surface area contributed by atoms with Crippen LogP contribution in [-0.2, 0) is 0 Å². The van der Waals surface area contributed by atoms with E-state index in [9.17, 15) is 0 Å². The Labute approximate surface area is 185 Å². The lowest BCUT2D eigenvalue weighted by molar-refractivity contribution is 1.64. The van der Waals surface area contributed by atoms with Crippen LogP contribution in [0.1, 0.15) is 5.56 Å². The number of terminal acetylenes is 1. The quantitative estimate of drug-likeness (QED) is 0.197. The molecule has 0 heterocycles. The van der Waals surface area contributed by atoms with Gasteiger partial charge in [-0.25, -0.2) is 0 Å². The van der Waals surface area contributed by atoms with Gasteiger partial charge in [0.2, 0.25) is 0 Å². The summed E-state index contributed by atoms with van der Waals surface area (Å²) >= 11 is 13.2. The molecule has 5 aromatic rings. The molecule has 2 heteroatoms. The van der Waals surface area contributed by atoms with E-state index in [1.807, 2.05) is 42.5 Å². The molecule has 0 N–H and O–H groups in total. The van der Waals surface area contributed by atoms with Gasteiger partial charge in [0, 0.05) is 5.39 Å². The number of halogens is 2. The predicted octanol–water partition coefficient (Wildman–Crippen LogP) is 8.62. The highest BCUT2D eigenvalue weighted by Crippen LogP contribution is 2.47. The van der Waals surface area contributed by atoms with E-state index in [2.05, 4.69) is 54.5 Å². The third kappa shape index (κ3) is 2.87. The van der Waals surface area contributed by atoms with Crippen molar-refractivity contribution in [3.63, 3.8) is 0 Å². The number of rotatable bonds is 2. The first-order chi connectivity index (χ1) is 14.7. The van der Waals surface area contributed by atoms with Gasteiger partial charge in [-0.15, -0.1) is 6.42 Å². The molecule has 0 radical (unpaired) electrons. The van der Waals surface area contributed by atoms with Crippen molar-refractivity contribution in [2.45, 2.75) is 0 Å². The minimum atomic E-state index is 0.415. The van der Waals surface area contributed by atoms with Crippen LogP contribution in [0.25, 0.3) is 43.8 Å². The second kappa shape index (κ2) is 7.54. The minimum Gasteiger partial charge on any atom is -0.115 e. The van der Waals surface area contributed by atoms with Crippen molar-refractivity contribution < 1.29 is 0 Å². The van der Waals surface area contributed by atoms with Gasteiger partial charge in [-0.3, -0.25) is 0 Å². The summed E-state index contributed by atoms with van der Waals surface area (Å²) in [6.07, 6.45) is 5.97. The molecule has 5 rings (SSSR count). The molecule has 0 unspecified atom stereocenters. The zero-order valence-corrected chi connectivity index (χ0v) is 17.5. The fraction of sp³-hybridized carbons (Fsp3) is 0. The Morgan fingerprint density at radius 3 is 1.67 bits per heavy atom. The monoisotopic (exact) mass is 422 g/mol. The first kappa shape index (κ1) is 18.8. The molecule has 142 valence electrons. The van der Waals surface area contributed by atoms with Crippen LogP contribution in [0, 0.1) is 12.3 Å². The third-order valence-electron chi connectivity index (χ3n) is 5.47. The van der Waals surface area contributed by atoms with Gasteiger partial charge in [-0.1, -0.05) is 114 Å². The van der Waals surface area contributed by atoms with Crippen molar-refractivity contribution in [1.82, 2.24) is 0 Å². The maximum absolute atomic E-state index is 6.61. The smallest absolute Gasteiger partial charge is 0.0755 e. The molecule has 0 aliphatic rings. The molecule has 0 spiro atoms. The summed E-state index contributed by atoms with van der Waals surface area (Å²) in [6, 6.07) is 31.0. The molecular formula is C28H16Cl2. The molecule has 0 aromatic heterocycles. The molecule has 5 aromatic carbocycles. The van der Waals surface area contributed by atoms with E-state index in [-0.39, 0.29) is 0 Å². The van der Waals surface area contributed by atoms with E-state index in [1.165, 1.54) is 0 Å². The summed E-state index contributed by atoms with van der Waals surface area (Å²) in [5.41, 5.74) is 5.01. The van der Waals surface area contributed by atoms with Gasteiger partial charge in [0.15, 0.2) is 0 Å². The van der Waals surface area contributed by atoms with Crippen molar-refractivity contribution in [2.75, 3.05) is 0 Å². The van der Waals surface area contributed by atoms with Crippen LogP contribution in [0.15, 0.2) is 91.0 Å². The highest BCUT2D eigenvalue weighted by atomic mass is 35.5. The van der Waals surface area contributed by atoms with E-state index in [1.54, 1.807) is 0 Å². The summed E-state index contributed by atoms with van der Waals surface area (Å²) in [7, 11) is 0. The SMILES string of the molecule is C#Cc1c(Cl)c(Cl)cc2c(-c3ccccc3)c3ccccc3c(-c3ccccc3)c12. The van der Waals surface area contributed by atoms with Crippen LogP contribution >= 0.6 is 23.2 Å². The molecule has 0 bridgehead atoms. The van der Waals surface area contributed by atoms with Crippen molar-refractivity contribution in [2.24, 2.45) is 0 Å². The summed E-state index contributed by atoms with van der Waals surface area (Å²) in [5, 5.41) is 5.11. The number of fused-ring (bicyclic) bond motifs is 2. The first-order valence-electron chi connectivity index (χ1n) is 9.64. The number of benzene rings is 5. The molecule has 30 heavy (non-hydrogen) atoms. The van der Waals surface area contributed by atoms with E-state index < -0.39 is 0 Å². The molecule has 0 saturated carbocycles. The Balaban J connectivity index is 2.13. The lowest BCUT2D eigenvalue weighted by Crippen LogP contribution is -1.94. The normalized spacial score (nSPS) is 11.0. The summed E-state index contributed by atoms with van der Waals surface area (Å²) < 4.78 is 0. The lowest BCUT2D eigenvalue weighted by Gasteiger charge is -2.20. The summed E-state index contributed by atoms with van der Waals surface area (Å²) in [6.45, 7) is 0. The van der Waals surface area contributed by atoms with Gasteiger partial charge in [0.05, 0.1) is 15.6 Å². The molecule has 0 aliphatic carbocycles. The first-order valence-corrected chi connectivity index (χ1v) is 10.4. The van der Waals surface area contributed by atoms with Crippen LogP contribution < -0.4 is 0 Å². The highest BCUT2D eigenvalue weighted by molar-refractivity contribution is 6.44. The molecule has 0 aliphatic heterocycles. The average Bonchev–Trinajstić information content (AvgIpc) is 2.80. The Morgan fingerprint density at radius 1 is 0.600 bits per heavy atom. The molecule has 0 nitrogen and oxygen atoms in total. The van der Waals surface area contributed by atoms with Gasteiger partial charge < -0.3 is 0 Å². The van der Waals surface area contributed by atoms with Crippen LogP contribution in [0.4, 0.5) is 0 Å². The maximum atomic E-state index is 6.61. The fourth-order valence-electron chi connectivity index (χ4n) is 4.24. The topological polar surface area (TPSA) is 0 Å². The second-order valence-corrected chi connectivity index (χ2v) is 7.93. The van der Waals surface area contributed by atoms with Crippen molar-refractivity contribution >= 4 is 44.7 Å². The van der Waals surface area contributed by atoms with E-state index >= 15 is 0 Å². The molecular weight excluding hydrogens is 407 g/mol. The molecule has 0 amide bonds. The molecule has 0 fully saturated rings. The standard InChI is InChI=1S/C28H16Cl2/c1-2-20-27-23(17-24(29)28(20)30)25(18-11-5-3-6-12-18)21-15-9-10-16-22(21)26(27)19-13-7-4-8-14-19/h1,3-17H. The van der Waals surface area contributed by atoms with Gasteiger partial charge in [-0.05, 0) is 44.5 Å². The lowest BCUT2D eigenvalue weighted by atomic mass is 9.84. The largest absolute Gasteiger partial charge is 0.115 e. The Bertz CT molecular complexity index is 1440. The van der Waals surface area contributed by atoms with Gasteiger partial charge in [0.25, 0.3) is 0 Å². The zero-order valence-electron chi connectivity index (χ0n) is 16.0. The van der Waals surface area contributed by atoms with E-state index in [0.29, 0.717) is 15.6 Å². The van der Waals surface area contributed by atoms with Crippen LogP contribution in [-0.4, -0.2) is 0 Å². The molecule has 0 atom stereocenters. The van der Waals surface area contributed by atoms with Crippen molar-refractivity contribution in [3.05, 3.63) is 107 Å². The minimum absolute atomic E-state index is 0.415. The Kier molecular flexibility index (Phi) is 4.72. The predicted molar refractivity (Wildman–Crippen MR) is 130 cm³/mol. The average molecular weight is 423 g/mol. The second-order valence-electron chi connectivity index (χ2n) is 7.14. The van der Waals surface area contributed by atoms with Gasteiger partial charge in [0.1, 0.15) is 0 Å². The van der Waals surface area contributed by atoms with Crippen molar-refractivity contribution in [1.29, 1.82) is 0 Å².